The predicted octanol–water partition coefficient (Wildman–Crippen LogP) is 2.77. The minimum absolute atomic E-state index is 0.0777. The van der Waals surface area contributed by atoms with E-state index >= 15 is 0 Å². The highest BCUT2D eigenvalue weighted by atomic mass is 16.6. The van der Waals surface area contributed by atoms with Gasteiger partial charge < -0.3 is 15.0 Å². The van der Waals surface area contributed by atoms with Gasteiger partial charge in [0.05, 0.1) is 0 Å². The molecule has 1 aliphatic heterocycles. The van der Waals surface area contributed by atoms with Crippen LogP contribution in [0.15, 0.2) is 0 Å². The summed E-state index contributed by atoms with van der Waals surface area (Å²) in [4.78, 5) is 13.9. The van der Waals surface area contributed by atoms with Gasteiger partial charge in [-0.15, -0.1) is 0 Å². The number of rotatable bonds is 1. The summed E-state index contributed by atoms with van der Waals surface area (Å²) in [5, 5.41) is 3.55. The number of ether oxygens (including phenoxy) is 1. The van der Waals surface area contributed by atoms with E-state index in [9.17, 15) is 4.79 Å². The van der Waals surface area contributed by atoms with Crippen LogP contribution in [0.2, 0.25) is 0 Å². The van der Waals surface area contributed by atoms with Crippen molar-refractivity contribution in [3.8, 4) is 0 Å². The molecule has 106 valence electrons. The molecule has 4 heteroatoms. The van der Waals surface area contributed by atoms with Gasteiger partial charge in [-0.3, -0.25) is 0 Å². The smallest absolute Gasteiger partial charge is 0.410 e. The van der Waals surface area contributed by atoms with E-state index in [0.717, 1.165) is 13.0 Å². The first-order chi connectivity index (χ1) is 7.98. The van der Waals surface area contributed by atoms with Gasteiger partial charge in [0.25, 0.3) is 0 Å². The predicted molar refractivity (Wildman–Crippen MR) is 73.7 cm³/mol. The van der Waals surface area contributed by atoms with Crippen molar-refractivity contribution in [2.45, 2.75) is 78.1 Å². The van der Waals surface area contributed by atoms with Gasteiger partial charge in [-0.25, -0.2) is 4.79 Å². The number of hydrogen-bond acceptors (Lipinski definition) is 3. The van der Waals surface area contributed by atoms with Gasteiger partial charge >= 0.3 is 6.09 Å². The van der Waals surface area contributed by atoms with Crippen molar-refractivity contribution in [2.75, 3.05) is 6.54 Å². The highest BCUT2D eigenvalue weighted by molar-refractivity contribution is 5.69. The van der Waals surface area contributed by atoms with Crippen molar-refractivity contribution in [1.82, 2.24) is 10.2 Å². The first kappa shape index (κ1) is 15.3. The fourth-order valence-electron chi connectivity index (χ4n) is 2.32. The first-order valence-corrected chi connectivity index (χ1v) is 6.75. The molecule has 0 spiro atoms. The molecule has 0 saturated carbocycles. The van der Waals surface area contributed by atoms with Gasteiger partial charge in [0.15, 0.2) is 0 Å². The summed E-state index contributed by atoms with van der Waals surface area (Å²) in [6.45, 7) is 14.9. The topological polar surface area (TPSA) is 41.6 Å². The average molecular weight is 256 g/mol. The lowest BCUT2D eigenvalue weighted by molar-refractivity contribution is 0.0234. The molecule has 0 aromatic carbocycles. The molecule has 1 amide bonds. The van der Waals surface area contributed by atoms with Crippen LogP contribution in [0.4, 0.5) is 4.79 Å². The average Bonchev–Trinajstić information content (AvgIpc) is 2.39. The van der Waals surface area contributed by atoms with E-state index in [1.54, 1.807) is 0 Å². The number of nitrogens with zero attached hydrogens (tertiary/aromatic N) is 1. The Morgan fingerprint density at radius 2 is 1.78 bits per heavy atom. The van der Waals surface area contributed by atoms with Crippen LogP contribution in [0.1, 0.15) is 54.9 Å². The minimum Gasteiger partial charge on any atom is -0.444 e. The Labute approximate surface area is 111 Å². The summed E-state index contributed by atoms with van der Waals surface area (Å²) in [7, 11) is 0. The maximum atomic E-state index is 12.1. The number of likely N-dealkylation sites (tertiary alicyclic amines) is 1. The quantitative estimate of drug-likeness (QED) is 0.784. The monoisotopic (exact) mass is 256 g/mol. The van der Waals surface area contributed by atoms with Crippen molar-refractivity contribution in [2.24, 2.45) is 0 Å². The molecule has 1 saturated heterocycles. The number of nitrogens with one attached hydrogen (secondary N) is 1. The SMILES string of the molecule is C[C@@H]1C[C@H](NC(C)(C)C)CN1C(=O)OC(C)(C)C. The Bertz CT molecular complexity index is 302. The van der Waals surface area contributed by atoms with Crippen molar-refractivity contribution in [3.63, 3.8) is 0 Å². The Morgan fingerprint density at radius 1 is 1.22 bits per heavy atom. The molecule has 18 heavy (non-hydrogen) atoms. The zero-order valence-electron chi connectivity index (χ0n) is 12.8. The molecule has 0 bridgehead atoms. The molecule has 1 heterocycles. The Morgan fingerprint density at radius 3 is 2.22 bits per heavy atom. The molecule has 1 fully saturated rings. The highest BCUT2D eigenvalue weighted by Gasteiger charge is 2.36. The van der Waals surface area contributed by atoms with E-state index < -0.39 is 5.60 Å². The van der Waals surface area contributed by atoms with Gasteiger partial charge in [-0.05, 0) is 54.9 Å². The van der Waals surface area contributed by atoms with Crippen molar-refractivity contribution < 1.29 is 9.53 Å². The fraction of sp³-hybridized carbons (Fsp3) is 0.929. The summed E-state index contributed by atoms with van der Waals surface area (Å²) in [5.74, 6) is 0. The summed E-state index contributed by atoms with van der Waals surface area (Å²) >= 11 is 0. The molecule has 2 atom stereocenters. The van der Waals surface area contributed by atoms with Crippen LogP contribution in [0.5, 0.6) is 0 Å². The number of carbonyl (C=O) groups is 1. The van der Waals surface area contributed by atoms with E-state index in [2.05, 4.69) is 33.0 Å². The molecule has 0 aromatic heterocycles. The van der Waals surface area contributed by atoms with Crippen LogP contribution in [0.3, 0.4) is 0 Å². The van der Waals surface area contributed by atoms with E-state index in [1.807, 2.05) is 25.7 Å². The molecule has 0 unspecified atom stereocenters. The van der Waals surface area contributed by atoms with Crippen LogP contribution in [0.25, 0.3) is 0 Å². The third kappa shape index (κ3) is 4.84. The lowest BCUT2D eigenvalue weighted by Gasteiger charge is -2.28. The Kier molecular flexibility index (Phi) is 4.31. The third-order valence-electron chi connectivity index (χ3n) is 2.84. The number of hydrogen-bond donors (Lipinski definition) is 1. The van der Waals surface area contributed by atoms with Crippen LogP contribution >= 0.6 is 0 Å². The second kappa shape index (κ2) is 5.08. The number of amides is 1. The minimum atomic E-state index is -0.424. The maximum Gasteiger partial charge on any atom is 0.410 e. The van der Waals surface area contributed by atoms with Gasteiger partial charge in [0.2, 0.25) is 0 Å². The van der Waals surface area contributed by atoms with E-state index in [-0.39, 0.29) is 17.7 Å². The summed E-state index contributed by atoms with van der Waals surface area (Å²) in [6.07, 6.45) is 0.782. The molecule has 1 N–H and O–H groups in total. The molecular weight excluding hydrogens is 228 g/mol. The number of carbonyl (C=O) groups excluding carboxylic acids is 1. The van der Waals surface area contributed by atoms with E-state index in [1.165, 1.54) is 0 Å². The maximum absolute atomic E-state index is 12.1. The summed E-state index contributed by atoms with van der Waals surface area (Å²) in [5.41, 5.74) is -0.347. The van der Waals surface area contributed by atoms with Gasteiger partial charge in [-0.1, -0.05) is 0 Å². The Hall–Kier alpha value is -0.770. The van der Waals surface area contributed by atoms with Crippen molar-refractivity contribution >= 4 is 6.09 Å². The zero-order chi connectivity index (χ0) is 14.1. The van der Waals surface area contributed by atoms with Gasteiger partial charge in [-0.2, -0.15) is 0 Å². The van der Waals surface area contributed by atoms with Crippen LogP contribution < -0.4 is 5.32 Å². The molecule has 0 aliphatic carbocycles. The first-order valence-electron chi connectivity index (χ1n) is 6.75. The van der Waals surface area contributed by atoms with Crippen LogP contribution in [-0.4, -0.2) is 40.8 Å². The summed E-state index contributed by atoms with van der Waals surface area (Å²) in [6, 6.07) is 0.590. The lowest BCUT2D eigenvalue weighted by Crippen LogP contribution is -2.46. The molecule has 0 aromatic rings. The van der Waals surface area contributed by atoms with E-state index in [0.29, 0.717) is 6.04 Å². The highest BCUT2D eigenvalue weighted by Crippen LogP contribution is 2.22. The Balaban J connectivity index is 2.57. The molecule has 1 rings (SSSR count). The second-order valence-corrected chi connectivity index (χ2v) is 7.31. The van der Waals surface area contributed by atoms with E-state index in [4.69, 9.17) is 4.74 Å². The second-order valence-electron chi connectivity index (χ2n) is 7.31. The fourth-order valence-corrected chi connectivity index (χ4v) is 2.32. The summed E-state index contributed by atoms with van der Waals surface area (Å²) < 4.78 is 5.43. The van der Waals surface area contributed by atoms with Crippen molar-refractivity contribution in [1.29, 1.82) is 0 Å². The third-order valence-corrected chi connectivity index (χ3v) is 2.84. The van der Waals surface area contributed by atoms with Crippen molar-refractivity contribution in [3.05, 3.63) is 0 Å². The molecular formula is C14H28N2O2. The molecule has 4 nitrogen and oxygen atoms in total. The van der Waals surface area contributed by atoms with Gasteiger partial charge in [0.1, 0.15) is 5.60 Å². The van der Waals surface area contributed by atoms with Crippen LogP contribution in [-0.2, 0) is 4.74 Å². The molecule has 1 aliphatic rings. The zero-order valence-corrected chi connectivity index (χ0v) is 12.8. The lowest BCUT2D eigenvalue weighted by atomic mass is 10.1. The largest absolute Gasteiger partial charge is 0.444 e. The molecule has 0 radical (unpaired) electrons. The normalized spacial score (nSPS) is 25.4. The van der Waals surface area contributed by atoms with Crippen LogP contribution in [0, 0.1) is 0 Å². The van der Waals surface area contributed by atoms with Gasteiger partial charge in [0, 0.05) is 24.2 Å². The standard InChI is InChI=1S/C14H28N2O2/c1-10-8-11(15-13(2,3)4)9-16(10)12(17)18-14(5,6)7/h10-11,15H,8-9H2,1-7H3/t10-,11+/m1/s1.